The average Bonchev–Trinajstić information content (AvgIpc) is 2.48. The lowest BCUT2D eigenvalue weighted by atomic mass is 9.92. The Morgan fingerprint density at radius 1 is 1.48 bits per heavy atom. The summed E-state index contributed by atoms with van der Waals surface area (Å²) in [5.41, 5.74) is 0.345. The molecule has 0 unspecified atom stereocenters. The Kier molecular flexibility index (Phi) is 6.83. The Morgan fingerprint density at radius 2 is 2.20 bits per heavy atom. The topological polar surface area (TPSA) is 41.6 Å². The first-order chi connectivity index (χ1) is 11.7. The molecule has 1 amide bonds. The Morgan fingerprint density at radius 3 is 2.80 bits per heavy atom. The molecule has 140 valence electrons. The predicted molar refractivity (Wildman–Crippen MR) is 98.2 cm³/mol. The number of ether oxygens (including phenoxy) is 1. The van der Waals surface area contributed by atoms with Crippen LogP contribution in [0.2, 0.25) is 5.02 Å². The van der Waals surface area contributed by atoms with Gasteiger partial charge >= 0.3 is 0 Å². The molecule has 0 aromatic heterocycles. The van der Waals surface area contributed by atoms with Crippen molar-refractivity contribution < 1.29 is 13.9 Å². The third-order valence-electron chi connectivity index (χ3n) is 4.23. The van der Waals surface area contributed by atoms with Crippen LogP contribution >= 0.6 is 11.6 Å². The number of carbonyl (C=O) groups is 1. The maximum atomic E-state index is 14.5. The van der Waals surface area contributed by atoms with Crippen LogP contribution in [0.5, 0.6) is 0 Å². The van der Waals surface area contributed by atoms with E-state index in [1.807, 2.05) is 27.7 Å². The van der Waals surface area contributed by atoms with E-state index in [0.717, 1.165) is 0 Å². The summed E-state index contributed by atoms with van der Waals surface area (Å²) in [5.74, 6) is -0.381. The largest absolute Gasteiger partial charge is 0.376 e. The molecule has 1 heterocycles. The molecule has 0 radical (unpaired) electrons. The quantitative estimate of drug-likeness (QED) is 0.857. The summed E-state index contributed by atoms with van der Waals surface area (Å²) in [4.78, 5) is 14.4. The van der Waals surface area contributed by atoms with E-state index >= 15 is 0 Å². The molecule has 1 aromatic rings. The summed E-state index contributed by atoms with van der Waals surface area (Å²) in [5, 5.41) is 3.34. The first-order valence-corrected chi connectivity index (χ1v) is 9.11. The molecule has 1 aromatic carbocycles. The van der Waals surface area contributed by atoms with Crippen LogP contribution in [0, 0.1) is 11.2 Å². The predicted octanol–water partition coefficient (Wildman–Crippen LogP) is 3.79. The van der Waals surface area contributed by atoms with Gasteiger partial charge in [-0.3, -0.25) is 9.69 Å². The van der Waals surface area contributed by atoms with Gasteiger partial charge in [0.25, 0.3) is 0 Å². The second-order valence-electron chi connectivity index (χ2n) is 7.87. The molecule has 0 spiro atoms. The zero-order valence-electron chi connectivity index (χ0n) is 15.4. The average molecular weight is 371 g/mol. The van der Waals surface area contributed by atoms with Gasteiger partial charge in [0.1, 0.15) is 5.82 Å². The fraction of sp³-hybridized carbons (Fsp3) is 0.632. The molecule has 2 atom stereocenters. The molecule has 1 aliphatic rings. The fourth-order valence-corrected chi connectivity index (χ4v) is 3.41. The van der Waals surface area contributed by atoms with Gasteiger partial charge in [0.2, 0.25) is 5.91 Å². The van der Waals surface area contributed by atoms with Crippen molar-refractivity contribution in [3.8, 4) is 0 Å². The van der Waals surface area contributed by atoms with Crippen LogP contribution in [0.15, 0.2) is 18.2 Å². The van der Waals surface area contributed by atoms with Gasteiger partial charge in [0.15, 0.2) is 0 Å². The summed E-state index contributed by atoms with van der Waals surface area (Å²) < 4.78 is 20.1. The van der Waals surface area contributed by atoms with E-state index in [4.69, 9.17) is 16.3 Å². The van der Waals surface area contributed by atoms with Crippen molar-refractivity contribution in [1.29, 1.82) is 0 Å². The Bertz CT molecular complexity index is 583. The minimum atomic E-state index is -0.346. The van der Waals surface area contributed by atoms with E-state index < -0.39 is 0 Å². The third kappa shape index (κ3) is 5.94. The van der Waals surface area contributed by atoms with Crippen molar-refractivity contribution in [2.75, 3.05) is 26.2 Å². The summed E-state index contributed by atoms with van der Waals surface area (Å²) in [6.45, 7) is 10.3. The maximum absolute atomic E-state index is 14.5. The number of nitrogens with zero attached hydrogens (tertiary/aromatic N) is 1. The molecule has 1 N–H and O–H groups in total. The van der Waals surface area contributed by atoms with Crippen LogP contribution in [0.3, 0.4) is 0 Å². The molecule has 1 saturated heterocycles. The van der Waals surface area contributed by atoms with Gasteiger partial charge in [-0.05, 0) is 24.5 Å². The van der Waals surface area contributed by atoms with Gasteiger partial charge in [-0.2, -0.15) is 0 Å². The molecular weight excluding hydrogens is 343 g/mol. The molecule has 0 aliphatic carbocycles. The number of carbonyl (C=O) groups excluding carboxylic acids is 1. The highest BCUT2D eigenvalue weighted by Crippen LogP contribution is 2.31. The van der Waals surface area contributed by atoms with E-state index in [1.165, 1.54) is 6.07 Å². The zero-order chi connectivity index (χ0) is 18.6. The Hall–Kier alpha value is -1.17. The third-order valence-corrected chi connectivity index (χ3v) is 4.56. The highest BCUT2D eigenvalue weighted by Gasteiger charge is 2.29. The van der Waals surface area contributed by atoms with Crippen LogP contribution in [0.25, 0.3) is 0 Å². The number of morpholine rings is 1. The van der Waals surface area contributed by atoms with E-state index in [-0.39, 0.29) is 29.3 Å². The molecule has 6 heteroatoms. The van der Waals surface area contributed by atoms with Crippen LogP contribution in [0.4, 0.5) is 4.39 Å². The Balaban J connectivity index is 2.19. The van der Waals surface area contributed by atoms with Gasteiger partial charge in [-0.15, -0.1) is 0 Å². The number of nitrogens with one attached hydrogen (secondary N) is 1. The smallest absolute Gasteiger partial charge is 0.220 e. The highest BCUT2D eigenvalue weighted by molar-refractivity contribution is 6.31. The highest BCUT2D eigenvalue weighted by atomic mass is 35.5. The van der Waals surface area contributed by atoms with Crippen LogP contribution < -0.4 is 5.32 Å². The second-order valence-corrected chi connectivity index (χ2v) is 8.28. The monoisotopic (exact) mass is 370 g/mol. The van der Waals surface area contributed by atoms with Gasteiger partial charge in [-0.25, -0.2) is 4.39 Å². The molecule has 1 fully saturated rings. The van der Waals surface area contributed by atoms with E-state index in [2.05, 4.69) is 10.2 Å². The van der Waals surface area contributed by atoms with E-state index in [9.17, 15) is 9.18 Å². The second kappa shape index (κ2) is 8.47. The van der Waals surface area contributed by atoms with Crippen molar-refractivity contribution in [2.24, 2.45) is 5.41 Å². The lowest BCUT2D eigenvalue weighted by molar-refractivity contribution is -0.123. The standard InChI is InChI=1S/C19H28ClFN2O2/c1-13-12-23(8-9-25-13)16(11-22-17(24)10-19(2,3)4)18-14(20)6-5-7-15(18)21/h5-7,13,16H,8-12H2,1-4H3,(H,22,24)/t13-,16-/m1/s1. The molecule has 4 nitrogen and oxygen atoms in total. The number of hydrogen-bond donors (Lipinski definition) is 1. The first-order valence-electron chi connectivity index (χ1n) is 8.73. The van der Waals surface area contributed by atoms with Crippen LogP contribution in [-0.2, 0) is 9.53 Å². The van der Waals surface area contributed by atoms with Crippen molar-refractivity contribution in [3.05, 3.63) is 34.6 Å². The van der Waals surface area contributed by atoms with Gasteiger partial charge in [0.05, 0.1) is 18.8 Å². The summed E-state index contributed by atoms with van der Waals surface area (Å²) in [6, 6.07) is 4.38. The van der Waals surface area contributed by atoms with Crippen LogP contribution in [0.1, 0.15) is 45.7 Å². The molecule has 1 aliphatic heterocycles. The first kappa shape index (κ1) is 20.1. The van der Waals surface area contributed by atoms with Crippen molar-refractivity contribution >= 4 is 17.5 Å². The lowest BCUT2D eigenvalue weighted by Gasteiger charge is -2.38. The molecular formula is C19H28ClFN2O2. The van der Waals surface area contributed by atoms with Crippen LogP contribution in [-0.4, -0.2) is 43.2 Å². The summed E-state index contributed by atoms with van der Waals surface area (Å²) >= 11 is 6.29. The van der Waals surface area contributed by atoms with Crippen molar-refractivity contribution in [3.63, 3.8) is 0 Å². The SMILES string of the molecule is C[C@@H]1CN([C@H](CNC(=O)CC(C)(C)C)c2c(F)cccc2Cl)CCO1. The lowest BCUT2D eigenvalue weighted by Crippen LogP contribution is -2.47. The molecule has 0 bridgehead atoms. The zero-order valence-corrected chi connectivity index (χ0v) is 16.2. The van der Waals surface area contributed by atoms with Crippen molar-refractivity contribution in [1.82, 2.24) is 10.2 Å². The minimum Gasteiger partial charge on any atom is -0.376 e. The Labute approximate surface area is 154 Å². The van der Waals surface area contributed by atoms with E-state index in [0.29, 0.717) is 43.2 Å². The normalized spacial score (nSPS) is 20.3. The number of rotatable bonds is 5. The molecule has 2 rings (SSSR count). The van der Waals surface area contributed by atoms with Gasteiger partial charge in [0, 0.05) is 36.6 Å². The fourth-order valence-electron chi connectivity index (χ4n) is 3.13. The maximum Gasteiger partial charge on any atom is 0.220 e. The number of hydrogen-bond acceptors (Lipinski definition) is 3. The van der Waals surface area contributed by atoms with E-state index in [1.54, 1.807) is 12.1 Å². The summed E-state index contributed by atoms with van der Waals surface area (Å²) in [6.07, 6.45) is 0.483. The molecule has 25 heavy (non-hydrogen) atoms. The van der Waals surface area contributed by atoms with Gasteiger partial charge < -0.3 is 10.1 Å². The number of benzene rings is 1. The number of halogens is 2. The number of amides is 1. The minimum absolute atomic E-state index is 0.0359. The molecule has 0 saturated carbocycles. The van der Waals surface area contributed by atoms with Crippen molar-refractivity contribution in [2.45, 2.75) is 46.3 Å². The summed E-state index contributed by atoms with van der Waals surface area (Å²) in [7, 11) is 0. The van der Waals surface area contributed by atoms with Gasteiger partial charge in [-0.1, -0.05) is 38.4 Å².